The molecule has 0 unspecified atom stereocenters. The Labute approximate surface area is 102 Å². The lowest BCUT2D eigenvalue weighted by atomic mass is 10.2. The lowest BCUT2D eigenvalue weighted by Crippen LogP contribution is -2.08. The second kappa shape index (κ2) is 6.59. The van der Waals surface area contributed by atoms with Crippen molar-refractivity contribution >= 4 is 17.6 Å². The van der Waals surface area contributed by atoms with Crippen molar-refractivity contribution in [3.05, 3.63) is 29.3 Å². The third kappa shape index (κ3) is 4.71. The Morgan fingerprint density at radius 3 is 2.75 bits per heavy atom. The zero-order valence-corrected chi connectivity index (χ0v) is 10.9. The first-order chi connectivity index (χ1) is 7.59. The third-order valence-electron chi connectivity index (χ3n) is 2.44. The highest BCUT2D eigenvalue weighted by Crippen LogP contribution is 2.24. The smallest absolute Gasteiger partial charge is 0.0905 e. The van der Waals surface area contributed by atoms with Crippen LogP contribution in [0.2, 0.25) is 0 Å². The molecule has 0 aliphatic heterocycles. The average Bonchev–Trinajstić information content (AvgIpc) is 2.22. The fourth-order valence-corrected chi connectivity index (χ4v) is 2.60. The van der Waals surface area contributed by atoms with Crippen LogP contribution in [0.15, 0.2) is 23.1 Å². The van der Waals surface area contributed by atoms with E-state index in [1.54, 1.807) is 0 Å². The summed E-state index contributed by atoms with van der Waals surface area (Å²) in [6.45, 7) is 4.27. The van der Waals surface area contributed by atoms with Crippen LogP contribution in [-0.2, 0) is 0 Å². The second-order valence-corrected chi connectivity index (χ2v) is 5.24. The number of benzene rings is 1. The summed E-state index contributed by atoms with van der Waals surface area (Å²) in [4.78, 5) is 1.38. The standard InChI is InChI=1S/C13H20N2S/c1-10-6-7-11(2)12(9-10)16-8-4-3-5-13(14)15/h6-7,9H,3-5,8H2,1-2H3,(H3,14,15). The summed E-state index contributed by atoms with van der Waals surface area (Å²) in [6.07, 6.45) is 2.87. The first kappa shape index (κ1) is 13.1. The van der Waals surface area contributed by atoms with Gasteiger partial charge in [-0.3, -0.25) is 5.41 Å². The molecule has 16 heavy (non-hydrogen) atoms. The van der Waals surface area contributed by atoms with E-state index in [2.05, 4.69) is 32.0 Å². The summed E-state index contributed by atoms with van der Waals surface area (Å²) in [7, 11) is 0. The molecule has 0 bridgehead atoms. The predicted molar refractivity (Wildman–Crippen MR) is 72.4 cm³/mol. The summed E-state index contributed by atoms with van der Waals surface area (Å²) in [5.74, 6) is 1.41. The van der Waals surface area contributed by atoms with Crippen LogP contribution in [0.5, 0.6) is 0 Å². The number of nitrogens with two attached hydrogens (primary N) is 1. The van der Waals surface area contributed by atoms with Crippen LogP contribution in [0, 0.1) is 19.3 Å². The van der Waals surface area contributed by atoms with Gasteiger partial charge in [0.15, 0.2) is 0 Å². The molecule has 1 rings (SSSR count). The number of aryl methyl sites for hydroxylation is 2. The van der Waals surface area contributed by atoms with E-state index in [1.807, 2.05) is 11.8 Å². The minimum absolute atomic E-state index is 0.303. The van der Waals surface area contributed by atoms with E-state index in [4.69, 9.17) is 11.1 Å². The van der Waals surface area contributed by atoms with Crippen LogP contribution in [0.1, 0.15) is 30.4 Å². The Morgan fingerprint density at radius 1 is 1.31 bits per heavy atom. The summed E-state index contributed by atoms with van der Waals surface area (Å²) < 4.78 is 0. The van der Waals surface area contributed by atoms with E-state index < -0.39 is 0 Å². The number of hydrogen-bond donors (Lipinski definition) is 2. The quantitative estimate of drug-likeness (QED) is 0.344. The zero-order chi connectivity index (χ0) is 12.0. The summed E-state index contributed by atoms with van der Waals surface area (Å²) in [6, 6.07) is 6.56. The van der Waals surface area contributed by atoms with Crippen LogP contribution in [0.25, 0.3) is 0 Å². The van der Waals surface area contributed by atoms with Crippen LogP contribution in [-0.4, -0.2) is 11.6 Å². The van der Waals surface area contributed by atoms with Gasteiger partial charge in [0.2, 0.25) is 0 Å². The van der Waals surface area contributed by atoms with E-state index in [-0.39, 0.29) is 0 Å². The van der Waals surface area contributed by atoms with Gasteiger partial charge in [0.25, 0.3) is 0 Å². The molecule has 0 aliphatic carbocycles. The molecule has 1 aromatic rings. The maximum absolute atomic E-state index is 7.13. The van der Waals surface area contributed by atoms with Crippen molar-refractivity contribution in [1.29, 1.82) is 5.41 Å². The monoisotopic (exact) mass is 236 g/mol. The molecule has 0 spiro atoms. The molecular weight excluding hydrogens is 216 g/mol. The summed E-state index contributed by atoms with van der Waals surface area (Å²) in [5, 5.41) is 7.13. The molecule has 88 valence electrons. The Kier molecular flexibility index (Phi) is 5.39. The SMILES string of the molecule is Cc1ccc(C)c(SCCCCC(=N)N)c1. The lowest BCUT2D eigenvalue weighted by Gasteiger charge is -2.06. The molecule has 0 saturated heterocycles. The maximum Gasteiger partial charge on any atom is 0.0905 e. The maximum atomic E-state index is 7.13. The largest absolute Gasteiger partial charge is 0.388 e. The van der Waals surface area contributed by atoms with Crippen LogP contribution in [0.4, 0.5) is 0 Å². The van der Waals surface area contributed by atoms with E-state index in [0.717, 1.165) is 25.0 Å². The summed E-state index contributed by atoms with van der Waals surface area (Å²) in [5.41, 5.74) is 7.97. The minimum Gasteiger partial charge on any atom is -0.388 e. The highest BCUT2D eigenvalue weighted by molar-refractivity contribution is 7.99. The van der Waals surface area contributed by atoms with Gasteiger partial charge >= 0.3 is 0 Å². The molecule has 0 amide bonds. The van der Waals surface area contributed by atoms with Gasteiger partial charge in [-0.2, -0.15) is 0 Å². The topological polar surface area (TPSA) is 49.9 Å². The van der Waals surface area contributed by atoms with Crippen LogP contribution < -0.4 is 5.73 Å². The number of thioether (sulfide) groups is 1. The number of amidine groups is 1. The number of hydrogen-bond acceptors (Lipinski definition) is 2. The zero-order valence-electron chi connectivity index (χ0n) is 10.0. The molecule has 0 saturated carbocycles. The number of nitrogens with one attached hydrogen (secondary N) is 1. The number of unbranched alkanes of at least 4 members (excludes halogenated alkanes) is 1. The third-order valence-corrected chi connectivity index (χ3v) is 3.69. The molecule has 3 N–H and O–H groups in total. The van der Waals surface area contributed by atoms with E-state index >= 15 is 0 Å². The van der Waals surface area contributed by atoms with Gasteiger partial charge in [-0.1, -0.05) is 17.7 Å². The van der Waals surface area contributed by atoms with E-state index in [9.17, 15) is 0 Å². The second-order valence-electron chi connectivity index (χ2n) is 4.10. The van der Waals surface area contributed by atoms with Crippen molar-refractivity contribution in [3.8, 4) is 0 Å². The van der Waals surface area contributed by atoms with Crippen molar-refractivity contribution in [2.24, 2.45) is 5.73 Å². The molecule has 0 fully saturated rings. The first-order valence-corrected chi connectivity index (χ1v) is 6.61. The van der Waals surface area contributed by atoms with E-state index in [1.165, 1.54) is 16.0 Å². The van der Waals surface area contributed by atoms with Crippen LogP contribution >= 0.6 is 11.8 Å². The van der Waals surface area contributed by atoms with Crippen molar-refractivity contribution in [2.45, 2.75) is 38.0 Å². The fraction of sp³-hybridized carbons (Fsp3) is 0.462. The molecule has 1 aromatic carbocycles. The van der Waals surface area contributed by atoms with E-state index in [0.29, 0.717) is 5.84 Å². The normalized spacial score (nSPS) is 10.4. The Morgan fingerprint density at radius 2 is 2.06 bits per heavy atom. The van der Waals surface area contributed by atoms with Crippen molar-refractivity contribution in [3.63, 3.8) is 0 Å². The Hall–Kier alpha value is -0.960. The molecule has 0 aromatic heterocycles. The molecule has 0 atom stereocenters. The van der Waals surface area contributed by atoms with Gasteiger partial charge in [0.1, 0.15) is 0 Å². The Bertz CT molecular complexity index is 361. The van der Waals surface area contributed by atoms with Gasteiger partial charge in [-0.25, -0.2) is 0 Å². The average molecular weight is 236 g/mol. The van der Waals surface area contributed by atoms with Gasteiger partial charge < -0.3 is 5.73 Å². The Balaban J connectivity index is 2.31. The molecule has 2 nitrogen and oxygen atoms in total. The van der Waals surface area contributed by atoms with Gasteiger partial charge in [-0.15, -0.1) is 11.8 Å². The van der Waals surface area contributed by atoms with Crippen LogP contribution in [0.3, 0.4) is 0 Å². The summed E-state index contributed by atoms with van der Waals surface area (Å²) >= 11 is 1.90. The van der Waals surface area contributed by atoms with Crippen molar-refractivity contribution in [1.82, 2.24) is 0 Å². The highest BCUT2D eigenvalue weighted by atomic mass is 32.2. The van der Waals surface area contributed by atoms with Crippen molar-refractivity contribution < 1.29 is 0 Å². The van der Waals surface area contributed by atoms with Crippen molar-refractivity contribution in [2.75, 3.05) is 5.75 Å². The first-order valence-electron chi connectivity index (χ1n) is 5.62. The van der Waals surface area contributed by atoms with Gasteiger partial charge in [0, 0.05) is 11.3 Å². The molecule has 0 aliphatic rings. The van der Waals surface area contributed by atoms with Gasteiger partial charge in [0.05, 0.1) is 5.84 Å². The molecule has 0 heterocycles. The highest BCUT2D eigenvalue weighted by Gasteiger charge is 1.99. The predicted octanol–water partition coefficient (Wildman–Crippen LogP) is 3.50. The van der Waals surface area contributed by atoms with Gasteiger partial charge in [-0.05, 0) is 44.1 Å². The lowest BCUT2D eigenvalue weighted by molar-refractivity contribution is 0.836. The molecule has 0 radical (unpaired) electrons. The number of rotatable bonds is 6. The molecular formula is C13H20N2S. The molecule has 3 heteroatoms. The minimum atomic E-state index is 0.303. The fourth-order valence-electron chi connectivity index (χ4n) is 1.46.